The molecule has 0 radical (unpaired) electrons. The van der Waals surface area contributed by atoms with Gasteiger partial charge in [-0.2, -0.15) is 0 Å². The van der Waals surface area contributed by atoms with Gasteiger partial charge in [-0.3, -0.25) is 4.79 Å². The molecule has 0 spiro atoms. The van der Waals surface area contributed by atoms with Gasteiger partial charge in [0.05, 0.1) is 0 Å². The van der Waals surface area contributed by atoms with Crippen LogP contribution in [0.5, 0.6) is 5.75 Å². The van der Waals surface area contributed by atoms with Crippen LogP contribution in [0.4, 0.5) is 5.69 Å². The van der Waals surface area contributed by atoms with Crippen LogP contribution in [0.25, 0.3) is 0 Å². The average Bonchev–Trinajstić information content (AvgIpc) is 2.34. The second-order valence-corrected chi connectivity index (χ2v) is 4.82. The number of anilines is 1. The number of carbonyl (C=O) groups is 1. The second kappa shape index (κ2) is 5.21. The zero-order valence-corrected chi connectivity index (χ0v) is 10.2. The van der Waals surface area contributed by atoms with Gasteiger partial charge in [0, 0.05) is 11.6 Å². The number of phenols is 1. The van der Waals surface area contributed by atoms with Crippen molar-refractivity contribution < 1.29 is 9.90 Å². The largest absolute Gasteiger partial charge is 0.508 e. The lowest BCUT2D eigenvalue weighted by Gasteiger charge is -2.21. The summed E-state index contributed by atoms with van der Waals surface area (Å²) in [6.07, 6.45) is 5.58. The summed E-state index contributed by atoms with van der Waals surface area (Å²) in [4.78, 5) is 12.0. The van der Waals surface area contributed by atoms with E-state index in [0.29, 0.717) is 0 Å². The van der Waals surface area contributed by atoms with Crippen LogP contribution in [-0.2, 0) is 4.79 Å². The summed E-state index contributed by atoms with van der Waals surface area (Å²) in [6, 6.07) is 5.02. The molecule has 0 unspecified atom stereocenters. The summed E-state index contributed by atoms with van der Waals surface area (Å²) >= 11 is 0. The molecule has 2 rings (SSSR count). The maximum absolute atomic E-state index is 12.0. The van der Waals surface area contributed by atoms with Crippen LogP contribution in [0, 0.1) is 12.8 Å². The van der Waals surface area contributed by atoms with Gasteiger partial charge in [-0.05, 0) is 43.5 Å². The van der Waals surface area contributed by atoms with Crippen molar-refractivity contribution in [3.63, 3.8) is 0 Å². The van der Waals surface area contributed by atoms with E-state index in [-0.39, 0.29) is 17.6 Å². The molecule has 1 aliphatic carbocycles. The predicted octanol–water partition coefficient (Wildman–Crippen LogP) is 3.22. The molecule has 3 nitrogen and oxygen atoms in total. The van der Waals surface area contributed by atoms with Gasteiger partial charge in [0.15, 0.2) is 0 Å². The van der Waals surface area contributed by atoms with E-state index in [4.69, 9.17) is 0 Å². The molecular weight excluding hydrogens is 214 g/mol. The van der Waals surface area contributed by atoms with E-state index >= 15 is 0 Å². The molecule has 1 aromatic carbocycles. The molecular formula is C14H19NO2. The van der Waals surface area contributed by atoms with E-state index in [9.17, 15) is 9.90 Å². The van der Waals surface area contributed by atoms with E-state index < -0.39 is 0 Å². The Morgan fingerprint density at radius 3 is 2.65 bits per heavy atom. The molecule has 0 aliphatic heterocycles. The first-order valence-corrected chi connectivity index (χ1v) is 6.27. The van der Waals surface area contributed by atoms with E-state index in [0.717, 1.165) is 36.9 Å². The third-order valence-corrected chi connectivity index (χ3v) is 3.44. The molecule has 0 heterocycles. The monoisotopic (exact) mass is 233 g/mol. The number of benzene rings is 1. The van der Waals surface area contributed by atoms with Gasteiger partial charge in [0.1, 0.15) is 5.75 Å². The molecule has 1 saturated carbocycles. The van der Waals surface area contributed by atoms with Gasteiger partial charge < -0.3 is 10.4 Å². The Hall–Kier alpha value is -1.51. The number of phenolic OH excluding ortho intramolecular Hbond substituents is 1. The quantitative estimate of drug-likeness (QED) is 0.770. The molecule has 0 aromatic heterocycles. The molecule has 92 valence electrons. The van der Waals surface area contributed by atoms with Crippen LogP contribution in [0.1, 0.15) is 37.7 Å². The summed E-state index contributed by atoms with van der Waals surface area (Å²) in [7, 11) is 0. The second-order valence-electron chi connectivity index (χ2n) is 4.82. The normalized spacial score (nSPS) is 16.8. The SMILES string of the molecule is Cc1cc(O)ccc1NC(=O)C1CCCCC1. The number of hydrogen-bond donors (Lipinski definition) is 2. The highest BCUT2D eigenvalue weighted by Gasteiger charge is 2.21. The predicted molar refractivity (Wildman–Crippen MR) is 68.0 cm³/mol. The molecule has 0 bridgehead atoms. The van der Waals surface area contributed by atoms with Gasteiger partial charge in [0.2, 0.25) is 5.91 Å². The molecule has 2 N–H and O–H groups in total. The Morgan fingerprint density at radius 1 is 1.29 bits per heavy atom. The number of aromatic hydroxyl groups is 1. The molecule has 0 saturated heterocycles. The van der Waals surface area contributed by atoms with Crippen molar-refractivity contribution in [2.75, 3.05) is 5.32 Å². The number of rotatable bonds is 2. The van der Waals surface area contributed by atoms with Crippen LogP contribution in [0.15, 0.2) is 18.2 Å². The van der Waals surface area contributed by atoms with Crippen molar-refractivity contribution >= 4 is 11.6 Å². The van der Waals surface area contributed by atoms with Gasteiger partial charge in [-0.15, -0.1) is 0 Å². The first-order chi connectivity index (χ1) is 8.16. The highest BCUT2D eigenvalue weighted by atomic mass is 16.3. The maximum Gasteiger partial charge on any atom is 0.227 e. The Kier molecular flexibility index (Phi) is 3.67. The number of amides is 1. The zero-order valence-electron chi connectivity index (χ0n) is 10.2. The lowest BCUT2D eigenvalue weighted by molar-refractivity contribution is -0.120. The van der Waals surface area contributed by atoms with Crippen LogP contribution in [0.2, 0.25) is 0 Å². The molecule has 1 fully saturated rings. The summed E-state index contributed by atoms with van der Waals surface area (Å²) in [5, 5.41) is 12.3. The van der Waals surface area contributed by atoms with Gasteiger partial charge in [-0.25, -0.2) is 0 Å². The zero-order chi connectivity index (χ0) is 12.3. The van der Waals surface area contributed by atoms with Gasteiger partial charge >= 0.3 is 0 Å². The minimum absolute atomic E-state index is 0.124. The van der Waals surface area contributed by atoms with E-state index in [2.05, 4.69) is 5.32 Å². The topological polar surface area (TPSA) is 49.3 Å². The Bertz CT molecular complexity index is 409. The van der Waals surface area contributed by atoms with Gasteiger partial charge in [-0.1, -0.05) is 19.3 Å². The lowest BCUT2D eigenvalue weighted by atomic mass is 9.88. The molecule has 1 amide bonds. The van der Waals surface area contributed by atoms with Crippen LogP contribution in [0.3, 0.4) is 0 Å². The smallest absolute Gasteiger partial charge is 0.227 e. The molecule has 0 atom stereocenters. The van der Waals surface area contributed by atoms with E-state index in [1.165, 1.54) is 6.42 Å². The fourth-order valence-corrected chi connectivity index (χ4v) is 2.39. The van der Waals surface area contributed by atoms with Crippen LogP contribution < -0.4 is 5.32 Å². The number of nitrogens with one attached hydrogen (secondary N) is 1. The van der Waals surface area contributed by atoms with E-state index in [1.807, 2.05) is 6.92 Å². The molecule has 1 aromatic rings. The number of aryl methyl sites for hydroxylation is 1. The summed E-state index contributed by atoms with van der Waals surface area (Å²) in [5.41, 5.74) is 1.70. The van der Waals surface area contributed by atoms with Crippen molar-refractivity contribution in [1.29, 1.82) is 0 Å². The molecule has 1 aliphatic rings. The van der Waals surface area contributed by atoms with Crippen molar-refractivity contribution in [1.82, 2.24) is 0 Å². The lowest BCUT2D eigenvalue weighted by Crippen LogP contribution is -2.25. The first-order valence-electron chi connectivity index (χ1n) is 6.27. The number of carbonyl (C=O) groups excluding carboxylic acids is 1. The number of hydrogen-bond acceptors (Lipinski definition) is 2. The molecule has 3 heteroatoms. The third-order valence-electron chi connectivity index (χ3n) is 3.44. The van der Waals surface area contributed by atoms with Crippen LogP contribution >= 0.6 is 0 Å². The average molecular weight is 233 g/mol. The standard InChI is InChI=1S/C14H19NO2/c1-10-9-12(16)7-8-13(10)15-14(17)11-5-3-2-4-6-11/h7-9,11,16H,2-6H2,1H3,(H,15,17). The third kappa shape index (κ3) is 2.99. The first kappa shape index (κ1) is 12.0. The fraction of sp³-hybridized carbons (Fsp3) is 0.500. The Morgan fingerprint density at radius 2 is 2.00 bits per heavy atom. The summed E-state index contributed by atoms with van der Waals surface area (Å²) in [6.45, 7) is 1.89. The van der Waals surface area contributed by atoms with Gasteiger partial charge in [0.25, 0.3) is 0 Å². The highest BCUT2D eigenvalue weighted by Crippen LogP contribution is 2.26. The maximum atomic E-state index is 12.0. The van der Waals surface area contributed by atoms with Crippen molar-refractivity contribution in [3.8, 4) is 5.75 Å². The van der Waals surface area contributed by atoms with Crippen molar-refractivity contribution in [3.05, 3.63) is 23.8 Å². The van der Waals surface area contributed by atoms with Crippen LogP contribution in [-0.4, -0.2) is 11.0 Å². The minimum atomic E-state index is 0.124. The highest BCUT2D eigenvalue weighted by molar-refractivity contribution is 5.93. The Labute approximate surface area is 102 Å². The summed E-state index contributed by atoms with van der Waals surface area (Å²) in [5.74, 6) is 0.522. The summed E-state index contributed by atoms with van der Waals surface area (Å²) < 4.78 is 0. The Balaban J connectivity index is 2.02. The van der Waals surface area contributed by atoms with Crippen molar-refractivity contribution in [2.24, 2.45) is 5.92 Å². The minimum Gasteiger partial charge on any atom is -0.508 e. The van der Waals surface area contributed by atoms with Crippen molar-refractivity contribution in [2.45, 2.75) is 39.0 Å². The molecule has 17 heavy (non-hydrogen) atoms. The van der Waals surface area contributed by atoms with E-state index in [1.54, 1.807) is 18.2 Å². The fourth-order valence-electron chi connectivity index (χ4n) is 2.39.